The highest BCUT2D eigenvalue weighted by molar-refractivity contribution is 5.91. The molecule has 0 unspecified atom stereocenters. The maximum absolute atomic E-state index is 10.2. The van der Waals surface area contributed by atoms with Crippen molar-refractivity contribution in [3.05, 3.63) is 12.2 Å². The predicted molar refractivity (Wildman–Crippen MR) is 40.2 cm³/mol. The number of hydrogen-bond acceptors (Lipinski definition) is 2. The first-order valence-electron chi connectivity index (χ1n) is 3.17. The van der Waals surface area contributed by atoms with E-state index in [1.165, 1.54) is 6.08 Å². The number of carbonyl (C=O) groups excluding carboxylic acids is 1. The van der Waals surface area contributed by atoms with E-state index < -0.39 is 0 Å². The Morgan fingerprint density at radius 3 is 2.11 bits per heavy atom. The molecule has 2 N–H and O–H groups in total. The second-order valence-corrected chi connectivity index (χ2v) is 1.17. The summed E-state index contributed by atoms with van der Waals surface area (Å²) in [6.07, 6.45) is 3.13. The second kappa shape index (κ2) is 10.4. The molecule has 0 atom stereocenters. The van der Waals surface area contributed by atoms with Gasteiger partial charge in [0.15, 0.2) is 5.78 Å². The molecule has 0 amide bonds. The Morgan fingerprint density at radius 2 is 2.00 bits per heavy atom. The van der Waals surface area contributed by atoms with Crippen LogP contribution < -0.4 is 5.73 Å². The van der Waals surface area contributed by atoms with Gasteiger partial charge in [0.1, 0.15) is 0 Å². The molecule has 0 saturated carbocycles. The third-order valence-electron chi connectivity index (χ3n) is 0.554. The van der Waals surface area contributed by atoms with Gasteiger partial charge in [0.2, 0.25) is 0 Å². The van der Waals surface area contributed by atoms with Gasteiger partial charge in [0.05, 0.1) is 6.54 Å². The zero-order valence-corrected chi connectivity index (χ0v) is 6.35. The van der Waals surface area contributed by atoms with Gasteiger partial charge in [0, 0.05) is 0 Å². The molecule has 2 nitrogen and oxygen atoms in total. The summed E-state index contributed by atoms with van der Waals surface area (Å²) in [4.78, 5) is 10.2. The lowest BCUT2D eigenvalue weighted by atomic mass is 10.4. The van der Waals surface area contributed by atoms with Crippen LogP contribution in [0.4, 0.5) is 0 Å². The van der Waals surface area contributed by atoms with Crippen LogP contribution in [0, 0.1) is 0 Å². The highest BCUT2D eigenvalue weighted by Crippen LogP contribution is 1.69. The van der Waals surface area contributed by atoms with Gasteiger partial charge in [-0.3, -0.25) is 4.79 Å². The zero-order chi connectivity index (χ0) is 7.70. The van der Waals surface area contributed by atoms with Gasteiger partial charge < -0.3 is 5.73 Å². The number of ketones is 1. The number of nitrogens with two attached hydrogens (primary N) is 1. The van der Waals surface area contributed by atoms with Gasteiger partial charge in [0.25, 0.3) is 0 Å². The molecule has 0 saturated heterocycles. The monoisotopic (exact) mass is 129 g/mol. The minimum atomic E-state index is -0.0255. The third-order valence-corrected chi connectivity index (χ3v) is 0.554. The van der Waals surface area contributed by atoms with E-state index in [1.807, 2.05) is 13.8 Å². The lowest BCUT2D eigenvalue weighted by Crippen LogP contribution is -2.09. The van der Waals surface area contributed by atoms with Gasteiger partial charge in [-0.05, 0) is 13.0 Å². The Labute approximate surface area is 56.7 Å². The Balaban J connectivity index is 0. The molecule has 0 aromatic heterocycles. The standard InChI is InChI=1S/C5H9NO.C2H6/c1-2-3-5(7)4-6;1-2/h2-3H,4,6H2,1H3;1-2H3/b3-2-;. The fourth-order valence-corrected chi connectivity index (χ4v) is 0.254. The molecule has 0 aliphatic heterocycles. The summed E-state index contributed by atoms with van der Waals surface area (Å²) in [5.74, 6) is -0.0255. The van der Waals surface area contributed by atoms with E-state index in [9.17, 15) is 4.79 Å². The minimum Gasteiger partial charge on any atom is -0.324 e. The van der Waals surface area contributed by atoms with Crippen LogP contribution in [0.3, 0.4) is 0 Å². The quantitative estimate of drug-likeness (QED) is 0.568. The van der Waals surface area contributed by atoms with Crippen LogP contribution in [0.25, 0.3) is 0 Å². The lowest BCUT2D eigenvalue weighted by Gasteiger charge is -1.79. The van der Waals surface area contributed by atoms with Crippen LogP contribution in [0.2, 0.25) is 0 Å². The van der Waals surface area contributed by atoms with Crippen molar-refractivity contribution in [3.8, 4) is 0 Å². The molecular weight excluding hydrogens is 114 g/mol. The maximum Gasteiger partial charge on any atom is 0.168 e. The van der Waals surface area contributed by atoms with Crippen molar-refractivity contribution in [2.45, 2.75) is 20.8 Å². The van der Waals surface area contributed by atoms with Crippen LogP contribution in [-0.4, -0.2) is 12.3 Å². The van der Waals surface area contributed by atoms with Crippen molar-refractivity contribution >= 4 is 5.78 Å². The highest BCUT2D eigenvalue weighted by Gasteiger charge is 1.84. The Morgan fingerprint density at radius 1 is 1.56 bits per heavy atom. The van der Waals surface area contributed by atoms with Crippen LogP contribution >= 0.6 is 0 Å². The molecule has 2 heteroatoms. The summed E-state index contributed by atoms with van der Waals surface area (Å²) >= 11 is 0. The lowest BCUT2D eigenvalue weighted by molar-refractivity contribution is -0.113. The fraction of sp³-hybridized carbons (Fsp3) is 0.571. The molecule has 54 valence electrons. The van der Waals surface area contributed by atoms with Crippen LogP contribution in [0.5, 0.6) is 0 Å². The van der Waals surface area contributed by atoms with E-state index >= 15 is 0 Å². The summed E-state index contributed by atoms with van der Waals surface area (Å²) < 4.78 is 0. The van der Waals surface area contributed by atoms with Crippen molar-refractivity contribution in [1.29, 1.82) is 0 Å². The number of rotatable bonds is 2. The molecule has 0 fully saturated rings. The van der Waals surface area contributed by atoms with Crippen molar-refractivity contribution in [2.24, 2.45) is 5.73 Å². The van der Waals surface area contributed by atoms with E-state index in [4.69, 9.17) is 5.73 Å². The molecule has 0 radical (unpaired) electrons. The average Bonchev–Trinajstić information content (AvgIpc) is 1.93. The Hall–Kier alpha value is -0.630. The van der Waals surface area contributed by atoms with Gasteiger partial charge >= 0.3 is 0 Å². The topological polar surface area (TPSA) is 43.1 Å². The molecule has 0 spiro atoms. The molecule has 0 aromatic carbocycles. The van der Waals surface area contributed by atoms with Gasteiger partial charge in [-0.15, -0.1) is 0 Å². The van der Waals surface area contributed by atoms with Crippen molar-refractivity contribution < 1.29 is 4.79 Å². The van der Waals surface area contributed by atoms with E-state index in [2.05, 4.69) is 0 Å². The summed E-state index contributed by atoms with van der Waals surface area (Å²) in [5.41, 5.74) is 4.96. The first-order chi connectivity index (χ1) is 4.31. The van der Waals surface area contributed by atoms with Gasteiger partial charge in [-0.1, -0.05) is 19.9 Å². The SMILES string of the molecule is C/C=C\C(=O)CN.CC. The normalized spacial score (nSPS) is 8.44. The second-order valence-electron chi connectivity index (χ2n) is 1.17. The molecule has 0 aliphatic rings. The summed E-state index contributed by atoms with van der Waals surface area (Å²) in [6.45, 7) is 5.90. The van der Waals surface area contributed by atoms with Crippen LogP contribution in [-0.2, 0) is 4.79 Å². The first kappa shape index (κ1) is 11.2. The van der Waals surface area contributed by atoms with E-state index in [-0.39, 0.29) is 12.3 Å². The zero-order valence-electron chi connectivity index (χ0n) is 6.35. The first-order valence-corrected chi connectivity index (χ1v) is 3.17. The average molecular weight is 129 g/mol. The summed E-state index contributed by atoms with van der Waals surface area (Å²) in [7, 11) is 0. The summed E-state index contributed by atoms with van der Waals surface area (Å²) in [5, 5.41) is 0. The molecular formula is C7H15NO. The molecule has 0 aromatic rings. The van der Waals surface area contributed by atoms with Crippen molar-refractivity contribution in [2.75, 3.05) is 6.54 Å². The van der Waals surface area contributed by atoms with Gasteiger partial charge in [-0.2, -0.15) is 0 Å². The number of allylic oxidation sites excluding steroid dienone is 1. The van der Waals surface area contributed by atoms with E-state index in [1.54, 1.807) is 13.0 Å². The van der Waals surface area contributed by atoms with E-state index in [0.717, 1.165) is 0 Å². The van der Waals surface area contributed by atoms with Crippen LogP contribution in [0.1, 0.15) is 20.8 Å². The number of hydrogen-bond donors (Lipinski definition) is 1. The summed E-state index contributed by atoms with van der Waals surface area (Å²) in [6, 6.07) is 0. The molecule has 0 bridgehead atoms. The highest BCUT2D eigenvalue weighted by atomic mass is 16.1. The molecule has 0 heterocycles. The Kier molecular flexibility index (Phi) is 12.9. The Bertz CT molecular complexity index is 86.9. The molecule has 0 aliphatic carbocycles. The van der Waals surface area contributed by atoms with Crippen molar-refractivity contribution in [3.63, 3.8) is 0 Å². The maximum atomic E-state index is 10.2. The van der Waals surface area contributed by atoms with Crippen LogP contribution in [0.15, 0.2) is 12.2 Å². The third kappa shape index (κ3) is 11.1. The number of carbonyl (C=O) groups is 1. The largest absolute Gasteiger partial charge is 0.324 e. The van der Waals surface area contributed by atoms with Gasteiger partial charge in [-0.25, -0.2) is 0 Å². The van der Waals surface area contributed by atoms with E-state index in [0.29, 0.717) is 0 Å². The molecule has 9 heavy (non-hydrogen) atoms. The molecule has 0 rings (SSSR count). The minimum absolute atomic E-state index is 0.0255. The predicted octanol–water partition coefficient (Wildman–Crippen LogP) is 1.12. The van der Waals surface area contributed by atoms with Crippen molar-refractivity contribution in [1.82, 2.24) is 0 Å². The smallest absolute Gasteiger partial charge is 0.168 e. The fourth-order valence-electron chi connectivity index (χ4n) is 0.254.